The second-order valence-corrected chi connectivity index (χ2v) is 10.2. The van der Waals surface area contributed by atoms with Crippen molar-refractivity contribution in [3.63, 3.8) is 0 Å². The molecule has 38 heavy (non-hydrogen) atoms. The van der Waals surface area contributed by atoms with Gasteiger partial charge < -0.3 is 14.6 Å². The quantitative estimate of drug-likeness (QED) is 0.242. The van der Waals surface area contributed by atoms with Gasteiger partial charge in [0.05, 0.1) is 12.6 Å². The van der Waals surface area contributed by atoms with Crippen molar-refractivity contribution >= 4 is 40.0 Å². The van der Waals surface area contributed by atoms with Crippen LogP contribution in [0.15, 0.2) is 79.4 Å². The standard InChI is InChI=1S/C29H25Cl2N5O2/c30-21-6-2-20(3-7-21)29(37)36-14-12-24-25-16-22(31)8-11-26(25)34-27(24)28(36)19-4-9-23(10-5-19)38-15-1-13-35-18-32-17-33-35/h2-11,16-18,28,34H,1,12-15H2. The van der Waals surface area contributed by atoms with Crippen molar-refractivity contribution in [1.82, 2.24) is 24.6 Å². The molecule has 6 rings (SSSR count). The van der Waals surface area contributed by atoms with E-state index in [9.17, 15) is 4.79 Å². The van der Waals surface area contributed by atoms with Gasteiger partial charge >= 0.3 is 0 Å². The molecule has 1 unspecified atom stereocenters. The number of hydrogen-bond donors (Lipinski definition) is 1. The molecule has 0 fully saturated rings. The van der Waals surface area contributed by atoms with Gasteiger partial charge in [0, 0.05) is 51.7 Å². The van der Waals surface area contributed by atoms with Crippen LogP contribution in [-0.2, 0) is 13.0 Å². The molecule has 3 heterocycles. The predicted molar refractivity (Wildman–Crippen MR) is 148 cm³/mol. The van der Waals surface area contributed by atoms with Crippen LogP contribution in [0, 0.1) is 0 Å². The number of benzene rings is 3. The predicted octanol–water partition coefficient (Wildman–Crippen LogP) is 6.32. The van der Waals surface area contributed by atoms with Crippen molar-refractivity contribution in [2.24, 2.45) is 0 Å². The molecule has 0 saturated heterocycles. The number of ether oxygens (including phenoxy) is 1. The van der Waals surface area contributed by atoms with E-state index in [1.807, 2.05) is 47.4 Å². The van der Waals surface area contributed by atoms with Crippen molar-refractivity contribution < 1.29 is 9.53 Å². The van der Waals surface area contributed by atoms with Gasteiger partial charge in [0.2, 0.25) is 0 Å². The molecule has 0 aliphatic carbocycles. The molecule has 0 radical (unpaired) electrons. The van der Waals surface area contributed by atoms with E-state index in [2.05, 4.69) is 15.1 Å². The zero-order valence-corrected chi connectivity index (χ0v) is 22.0. The minimum Gasteiger partial charge on any atom is -0.494 e. The van der Waals surface area contributed by atoms with E-state index in [1.165, 1.54) is 11.9 Å². The van der Waals surface area contributed by atoms with E-state index in [4.69, 9.17) is 27.9 Å². The Morgan fingerprint density at radius 2 is 1.82 bits per heavy atom. The molecule has 0 saturated carbocycles. The van der Waals surface area contributed by atoms with Crippen molar-refractivity contribution in [2.45, 2.75) is 25.4 Å². The molecule has 3 aromatic carbocycles. The lowest BCUT2D eigenvalue weighted by Crippen LogP contribution is -2.40. The van der Waals surface area contributed by atoms with Gasteiger partial charge in [-0.2, -0.15) is 5.10 Å². The molecule has 2 aromatic heterocycles. The van der Waals surface area contributed by atoms with Crippen molar-refractivity contribution in [1.29, 1.82) is 0 Å². The summed E-state index contributed by atoms with van der Waals surface area (Å²) in [6.45, 7) is 1.89. The van der Waals surface area contributed by atoms with E-state index in [0.717, 1.165) is 47.3 Å². The minimum absolute atomic E-state index is 0.0394. The lowest BCUT2D eigenvalue weighted by molar-refractivity contribution is 0.0692. The van der Waals surface area contributed by atoms with Gasteiger partial charge in [0.15, 0.2) is 0 Å². The molecule has 1 amide bonds. The average Bonchev–Trinajstić information content (AvgIpc) is 3.59. The number of aromatic nitrogens is 4. The summed E-state index contributed by atoms with van der Waals surface area (Å²) >= 11 is 12.4. The molecule has 1 aliphatic rings. The first kappa shape index (κ1) is 24.5. The Labute approximate surface area is 230 Å². The normalized spacial score (nSPS) is 15.0. The van der Waals surface area contributed by atoms with E-state index >= 15 is 0 Å². The molecular formula is C29H25Cl2N5O2. The second kappa shape index (κ2) is 10.5. The Balaban J connectivity index is 1.29. The monoisotopic (exact) mass is 545 g/mol. The fourth-order valence-corrected chi connectivity index (χ4v) is 5.39. The van der Waals surface area contributed by atoms with Crippen LogP contribution in [0.25, 0.3) is 10.9 Å². The summed E-state index contributed by atoms with van der Waals surface area (Å²) in [5, 5.41) is 6.51. The number of aryl methyl sites for hydroxylation is 1. The fourth-order valence-electron chi connectivity index (χ4n) is 5.10. The first-order valence-corrected chi connectivity index (χ1v) is 13.2. The average molecular weight is 546 g/mol. The van der Waals surface area contributed by atoms with Crippen LogP contribution in [0.5, 0.6) is 5.75 Å². The molecule has 9 heteroatoms. The topological polar surface area (TPSA) is 76.0 Å². The maximum atomic E-state index is 13.7. The summed E-state index contributed by atoms with van der Waals surface area (Å²) in [5.74, 6) is 0.741. The molecule has 0 spiro atoms. The smallest absolute Gasteiger partial charge is 0.254 e. The Kier molecular flexibility index (Phi) is 6.79. The molecule has 1 N–H and O–H groups in total. The van der Waals surface area contributed by atoms with Crippen LogP contribution >= 0.6 is 23.2 Å². The maximum Gasteiger partial charge on any atom is 0.254 e. The van der Waals surface area contributed by atoms with E-state index in [1.54, 1.807) is 35.3 Å². The van der Waals surface area contributed by atoms with Crippen molar-refractivity contribution in [3.05, 3.63) is 112 Å². The Morgan fingerprint density at radius 3 is 2.58 bits per heavy atom. The van der Waals surface area contributed by atoms with Crippen LogP contribution in [0.3, 0.4) is 0 Å². The highest BCUT2D eigenvalue weighted by atomic mass is 35.5. The molecule has 192 valence electrons. The molecule has 5 aromatic rings. The van der Waals surface area contributed by atoms with E-state index in [0.29, 0.717) is 28.8 Å². The van der Waals surface area contributed by atoms with E-state index in [-0.39, 0.29) is 11.9 Å². The number of aromatic amines is 1. The van der Waals surface area contributed by atoms with Crippen molar-refractivity contribution in [2.75, 3.05) is 13.2 Å². The Bertz CT molecular complexity index is 1560. The van der Waals surface area contributed by atoms with Gasteiger partial charge in [-0.05, 0) is 72.1 Å². The number of halogens is 2. The summed E-state index contributed by atoms with van der Waals surface area (Å²) in [5.41, 5.74) is 4.83. The van der Waals surface area contributed by atoms with E-state index < -0.39 is 0 Å². The second-order valence-electron chi connectivity index (χ2n) is 9.29. The van der Waals surface area contributed by atoms with Crippen LogP contribution in [-0.4, -0.2) is 43.7 Å². The third-order valence-electron chi connectivity index (χ3n) is 6.90. The number of nitrogens with one attached hydrogen (secondary N) is 1. The lowest BCUT2D eigenvalue weighted by atomic mass is 9.91. The molecule has 7 nitrogen and oxygen atoms in total. The highest BCUT2D eigenvalue weighted by molar-refractivity contribution is 6.31. The molecule has 1 atom stereocenters. The SMILES string of the molecule is O=C(c1ccc(Cl)cc1)N1CCc2c([nH]c3ccc(Cl)cc23)C1c1ccc(OCCCn2cncn2)cc1. The summed E-state index contributed by atoms with van der Waals surface area (Å²) in [7, 11) is 0. The highest BCUT2D eigenvalue weighted by Gasteiger charge is 2.35. The van der Waals surface area contributed by atoms with Crippen molar-refractivity contribution in [3.8, 4) is 5.75 Å². The summed E-state index contributed by atoms with van der Waals surface area (Å²) < 4.78 is 7.74. The Morgan fingerprint density at radius 1 is 1.03 bits per heavy atom. The zero-order chi connectivity index (χ0) is 26.1. The molecule has 1 aliphatic heterocycles. The van der Waals surface area contributed by atoms with Gasteiger partial charge in [-0.25, -0.2) is 4.98 Å². The summed E-state index contributed by atoms with van der Waals surface area (Å²) in [6, 6.07) is 20.6. The number of carbonyl (C=O) groups is 1. The Hall–Kier alpha value is -3.81. The largest absolute Gasteiger partial charge is 0.494 e. The van der Waals surface area contributed by atoms with Gasteiger partial charge in [-0.1, -0.05) is 35.3 Å². The minimum atomic E-state index is -0.283. The first-order valence-electron chi connectivity index (χ1n) is 12.5. The highest BCUT2D eigenvalue weighted by Crippen LogP contribution is 2.40. The van der Waals surface area contributed by atoms with Crippen LogP contribution in [0.4, 0.5) is 0 Å². The first-order chi connectivity index (χ1) is 18.6. The third kappa shape index (κ3) is 4.87. The number of carbonyl (C=O) groups excluding carboxylic acids is 1. The van der Waals surface area contributed by atoms with Crippen LogP contribution in [0.1, 0.15) is 39.6 Å². The number of hydrogen-bond acceptors (Lipinski definition) is 4. The zero-order valence-electron chi connectivity index (χ0n) is 20.5. The summed E-state index contributed by atoms with van der Waals surface area (Å²) in [4.78, 5) is 23.2. The van der Waals surface area contributed by atoms with Gasteiger partial charge in [0.1, 0.15) is 18.4 Å². The number of H-pyrrole nitrogens is 1. The number of nitrogens with zero attached hydrogens (tertiary/aromatic N) is 4. The maximum absolute atomic E-state index is 13.7. The third-order valence-corrected chi connectivity index (χ3v) is 7.39. The van der Waals surface area contributed by atoms with Gasteiger partial charge in [-0.15, -0.1) is 0 Å². The van der Waals surface area contributed by atoms with Gasteiger partial charge in [0.25, 0.3) is 5.91 Å². The van der Waals surface area contributed by atoms with Crippen LogP contribution < -0.4 is 4.74 Å². The van der Waals surface area contributed by atoms with Gasteiger partial charge in [-0.3, -0.25) is 9.48 Å². The number of rotatable bonds is 7. The summed E-state index contributed by atoms with van der Waals surface area (Å²) in [6.07, 6.45) is 4.78. The lowest BCUT2D eigenvalue weighted by Gasteiger charge is -2.36. The number of amides is 1. The molecule has 0 bridgehead atoms. The van der Waals surface area contributed by atoms with Crippen LogP contribution in [0.2, 0.25) is 10.0 Å². The fraction of sp³-hybridized carbons (Fsp3) is 0.207. The number of fused-ring (bicyclic) bond motifs is 3. The molecular weight excluding hydrogens is 521 g/mol.